The normalized spacial score (nSPS) is 18.0. The molecule has 0 radical (unpaired) electrons. The van der Waals surface area contributed by atoms with Crippen LogP contribution in [0.5, 0.6) is 0 Å². The van der Waals surface area contributed by atoms with Crippen LogP contribution in [0.4, 0.5) is 4.79 Å². The van der Waals surface area contributed by atoms with Crippen molar-refractivity contribution in [2.45, 2.75) is 64.8 Å². The Labute approximate surface area is 125 Å². The zero-order valence-corrected chi connectivity index (χ0v) is 13.1. The molecular weight excluding hydrogens is 272 g/mol. The third kappa shape index (κ3) is 6.14. The molecule has 0 bridgehead atoms. The molecule has 0 unspecified atom stereocenters. The fourth-order valence-electron chi connectivity index (χ4n) is 2.61. The van der Waals surface area contributed by atoms with Crippen LogP contribution >= 0.6 is 0 Å². The minimum Gasteiger partial charge on any atom is -0.481 e. The van der Waals surface area contributed by atoms with Gasteiger partial charge in [0.05, 0.1) is 0 Å². The lowest BCUT2D eigenvalue weighted by atomic mass is 9.75. The molecule has 21 heavy (non-hydrogen) atoms. The van der Waals surface area contributed by atoms with E-state index in [0.29, 0.717) is 5.41 Å². The van der Waals surface area contributed by atoms with Crippen molar-refractivity contribution >= 4 is 17.9 Å². The predicted octanol–water partition coefficient (Wildman–Crippen LogP) is 2.38. The molecule has 3 amide bonds. The standard InChI is InChI=1S/C15H26N2O4/c1-15(2)9-7-11(8-10-15)17(3)14(21)16-12(18)5-4-6-13(19)20/h11H,4-10H2,1-3H3,(H,19,20)(H,16,18,21). The molecule has 1 aliphatic carbocycles. The predicted molar refractivity (Wildman–Crippen MR) is 78.8 cm³/mol. The maximum atomic E-state index is 12.0. The second-order valence-corrected chi connectivity index (χ2v) is 6.61. The number of carboxylic acid groups (broad SMARTS) is 1. The van der Waals surface area contributed by atoms with E-state index in [1.807, 2.05) is 0 Å². The van der Waals surface area contributed by atoms with Crippen LogP contribution in [0.15, 0.2) is 0 Å². The molecule has 1 fully saturated rings. The van der Waals surface area contributed by atoms with Crippen LogP contribution in [0.1, 0.15) is 58.8 Å². The highest BCUT2D eigenvalue weighted by atomic mass is 16.4. The SMILES string of the molecule is CN(C(=O)NC(=O)CCCC(=O)O)C1CCC(C)(C)CC1. The summed E-state index contributed by atoms with van der Waals surface area (Å²) in [5.41, 5.74) is 0.334. The highest BCUT2D eigenvalue weighted by molar-refractivity contribution is 5.94. The van der Waals surface area contributed by atoms with Crippen molar-refractivity contribution in [3.63, 3.8) is 0 Å². The van der Waals surface area contributed by atoms with E-state index in [0.717, 1.165) is 25.7 Å². The first-order chi connectivity index (χ1) is 9.71. The molecule has 0 atom stereocenters. The molecule has 6 nitrogen and oxygen atoms in total. The lowest BCUT2D eigenvalue weighted by Gasteiger charge is -2.38. The smallest absolute Gasteiger partial charge is 0.324 e. The number of nitrogens with one attached hydrogen (secondary N) is 1. The number of carbonyl (C=O) groups is 3. The molecule has 2 N–H and O–H groups in total. The van der Waals surface area contributed by atoms with Gasteiger partial charge in [0.1, 0.15) is 0 Å². The first-order valence-electron chi connectivity index (χ1n) is 7.50. The Balaban J connectivity index is 2.34. The van der Waals surface area contributed by atoms with Crippen molar-refractivity contribution in [3.8, 4) is 0 Å². The summed E-state index contributed by atoms with van der Waals surface area (Å²) in [6.07, 6.45) is 4.28. The first-order valence-corrected chi connectivity index (χ1v) is 7.50. The van der Waals surface area contributed by atoms with Gasteiger partial charge in [-0.05, 0) is 37.5 Å². The highest BCUT2D eigenvalue weighted by Gasteiger charge is 2.30. The van der Waals surface area contributed by atoms with Gasteiger partial charge in [-0.2, -0.15) is 0 Å². The number of carboxylic acids is 1. The van der Waals surface area contributed by atoms with Crippen molar-refractivity contribution < 1.29 is 19.5 Å². The lowest BCUT2D eigenvalue weighted by molar-refractivity contribution is -0.137. The fraction of sp³-hybridized carbons (Fsp3) is 0.800. The number of hydrogen-bond donors (Lipinski definition) is 2. The van der Waals surface area contributed by atoms with Gasteiger partial charge in [-0.1, -0.05) is 13.8 Å². The van der Waals surface area contributed by atoms with Crippen molar-refractivity contribution in [2.24, 2.45) is 5.41 Å². The summed E-state index contributed by atoms with van der Waals surface area (Å²) < 4.78 is 0. The van der Waals surface area contributed by atoms with Gasteiger partial charge in [-0.3, -0.25) is 14.9 Å². The van der Waals surface area contributed by atoms with Gasteiger partial charge in [-0.25, -0.2) is 4.79 Å². The molecule has 0 saturated heterocycles. The third-order valence-electron chi connectivity index (χ3n) is 4.22. The van der Waals surface area contributed by atoms with Crippen LogP contribution in [0.3, 0.4) is 0 Å². The molecule has 120 valence electrons. The maximum absolute atomic E-state index is 12.0. The van der Waals surface area contributed by atoms with Gasteiger partial charge < -0.3 is 10.0 Å². The lowest BCUT2D eigenvalue weighted by Crippen LogP contribution is -2.47. The largest absolute Gasteiger partial charge is 0.481 e. The fourth-order valence-corrected chi connectivity index (χ4v) is 2.61. The molecule has 1 rings (SSSR count). The molecular formula is C15H26N2O4. The quantitative estimate of drug-likeness (QED) is 0.816. The molecule has 0 heterocycles. The van der Waals surface area contributed by atoms with Gasteiger partial charge in [0.25, 0.3) is 0 Å². The Kier molecular flexibility index (Phi) is 6.18. The van der Waals surface area contributed by atoms with E-state index in [2.05, 4.69) is 19.2 Å². The van der Waals surface area contributed by atoms with Crippen LogP contribution in [0.25, 0.3) is 0 Å². The topological polar surface area (TPSA) is 86.7 Å². The van der Waals surface area contributed by atoms with Crippen molar-refractivity contribution in [2.75, 3.05) is 7.05 Å². The molecule has 6 heteroatoms. The summed E-state index contributed by atoms with van der Waals surface area (Å²) in [4.78, 5) is 35.5. The van der Waals surface area contributed by atoms with E-state index in [-0.39, 0.29) is 31.3 Å². The average Bonchev–Trinajstić information content (AvgIpc) is 2.37. The highest BCUT2D eigenvalue weighted by Crippen LogP contribution is 2.36. The number of rotatable bonds is 5. The van der Waals surface area contributed by atoms with E-state index in [1.165, 1.54) is 0 Å². The summed E-state index contributed by atoms with van der Waals surface area (Å²) in [6, 6.07) is -0.218. The Morgan fingerprint density at radius 1 is 1.19 bits per heavy atom. The Morgan fingerprint density at radius 2 is 1.76 bits per heavy atom. The number of urea groups is 1. The summed E-state index contributed by atoms with van der Waals surface area (Å²) in [6.45, 7) is 4.46. The molecule has 0 aromatic carbocycles. The zero-order valence-electron chi connectivity index (χ0n) is 13.1. The van der Waals surface area contributed by atoms with E-state index in [1.54, 1.807) is 11.9 Å². The van der Waals surface area contributed by atoms with Crippen LogP contribution < -0.4 is 5.32 Å². The van der Waals surface area contributed by atoms with Crippen LogP contribution in [0.2, 0.25) is 0 Å². The zero-order chi connectivity index (χ0) is 16.0. The van der Waals surface area contributed by atoms with Crippen LogP contribution in [0, 0.1) is 5.41 Å². The first kappa shape index (κ1) is 17.5. The molecule has 0 spiro atoms. The molecule has 0 aliphatic heterocycles. The van der Waals surface area contributed by atoms with E-state index in [4.69, 9.17) is 5.11 Å². The van der Waals surface area contributed by atoms with Gasteiger partial charge in [0.15, 0.2) is 0 Å². The van der Waals surface area contributed by atoms with Crippen LogP contribution in [-0.2, 0) is 9.59 Å². The number of amides is 3. The van der Waals surface area contributed by atoms with Gasteiger partial charge in [0.2, 0.25) is 5.91 Å². The van der Waals surface area contributed by atoms with E-state index < -0.39 is 11.9 Å². The Hall–Kier alpha value is -1.59. The number of hydrogen-bond acceptors (Lipinski definition) is 3. The van der Waals surface area contributed by atoms with Crippen molar-refractivity contribution in [1.82, 2.24) is 10.2 Å². The second-order valence-electron chi connectivity index (χ2n) is 6.61. The number of nitrogens with zero attached hydrogens (tertiary/aromatic N) is 1. The maximum Gasteiger partial charge on any atom is 0.324 e. The summed E-state index contributed by atoms with van der Waals surface area (Å²) in [5.74, 6) is -1.35. The summed E-state index contributed by atoms with van der Waals surface area (Å²) in [7, 11) is 1.71. The number of carbonyl (C=O) groups excluding carboxylic acids is 2. The molecule has 1 saturated carbocycles. The minimum absolute atomic E-state index is 0.0591. The van der Waals surface area contributed by atoms with Gasteiger partial charge >= 0.3 is 12.0 Å². The minimum atomic E-state index is -0.934. The second kappa shape index (κ2) is 7.43. The number of aliphatic carboxylic acids is 1. The van der Waals surface area contributed by atoms with E-state index >= 15 is 0 Å². The molecule has 0 aromatic rings. The average molecular weight is 298 g/mol. The monoisotopic (exact) mass is 298 g/mol. The Bertz CT molecular complexity index is 396. The van der Waals surface area contributed by atoms with Crippen molar-refractivity contribution in [3.05, 3.63) is 0 Å². The molecule has 1 aliphatic rings. The van der Waals surface area contributed by atoms with Gasteiger partial charge in [0, 0.05) is 25.9 Å². The van der Waals surface area contributed by atoms with E-state index in [9.17, 15) is 14.4 Å². The Morgan fingerprint density at radius 3 is 2.29 bits per heavy atom. The summed E-state index contributed by atoms with van der Waals surface area (Å²) in [5, 5.41) is 10.8. The number of imide groups is 1. The van der Waals surface area contributed by atoms with Crippen LogP contribution in [-0.4, -0.2) is 41.0 Å². The summed E-state index contributed by atoms with van der Waals surface area (Å²) >= 11 is 0. The van der Waals surface area contributed by atoms with Crippen molar-refractivity contribution in [1.29, 1.82) is 0 Å². The molecule has 0 aromatic heterocycles. The third-order valence-corrected chi connectivity index (χ3v) is 4.22. The van der Waals surface area contributed by atoms with Gasteiger partial charge in [-0.15, -0.1) is 0 Å².